The molecule has 8 heteroatoms. The fourth-order valence-corrected chi connectivity index (χ4v) is 2.61. The molecule has 0 unspecified atom stereocenters. The Kier molecular flexibility index (Phi) is 5.70. The molecule has 0 aliphatic rings. The van der Waals surface area contributed by atoms with E-state index >= 15 is 0 Å². The molecule has 0 spiro atoms. The highest BCUT2D eigenvalue weighted by molar-refractivity contribution is 7.91. The molecule has 1 N–H and O–H groups in total. The Balaban J connectivity index is 2.45. The van der Waals surface area contributed by atoms with Crippen LogP contribution in [0.3, 0.4) is 0 Å². The Morgan fingerprint density at radius 2 is 2.28 bits per heavy atom. The molecule has 1 rings (SSSR count). The summed E-state index contributed by atoms with van der Waals surface area (Å²) in [6.45, 7) is 2.04. The number of hydrogen-bond acceptors (Lipinski definition) is 6. The minimum atomic E-state index is -3.05. The Morgan fingerprint density at radius 3 is 2.89 bits per heavy atom. The van der Waals surface area contributed by atoms with E-state index in [1.807, 2.05) is 0 Å². The van der Waals surface area contributed by atoms with Gasteiger partial charge in [0.15, 0.2) is 9.84 Å². The van der Waals surface area contributed by atoms with Crippen molar-refractivity contribution < 1.29 is 17.9 Å². The summed E-state index contributed by atoms with van der Waals surface area (Å²) >= 11 is 1.33. The fourth-order valence-electron chi connectivity index (χ4n) is 1.16. The van der Waals surface area contributed by atoms with Gasteiger partial charge in [0.25, 0.3) is 5.91 Å². The van der Waals surface area contributed by atoms with Crippen LogP contribution in [0.1, 0.15) is 22.4 Å². The van der Waals surface area contributed by atoms with Crippen molar-refractivity contribution in [2.75, 3.05) is 25.2 Å². The maximum absolute atomic E-state index is 11.6. The number of methoxy groups -OCH3 is 1. The SMILES string of the molecule is CCS(=O)(=O)CCNC(=O)c1csc(COC)n1. The molecule has 1 aromatic heterocycles. The first kappa shape index (κ1) is 15.1. The summed E-state index contributed by atoms with van der Waals surface area (Å²) in [4.78, 5) is 15.7. The highest BCUT2D eigenvalue weighted by atomic mass is 32.2. The van der Waals surface area contributed by atoms with E-state index in [1.165, 1.54) is 11.3 Å². The molecular weight excluding hydrogens is 276 g/mol. The zero-order valence-corrected chi connectivity index (χ0v) is 11.9. The lowest BCUT2D eigenvalue weighted by Crippen LogP contribution is -2.29. The van der Waals surface area contributed by atoms with Crippen LogP contribution in [0, 0.1) is 0 Å². The van der Waals surface area contributed by atoms with Crippen LogP contribution in [0.4, 0.5) is 0 Å². The summed E-state index contributed by atoms with van der Waals surface area (Å²) in [5.74, 6) is -0.332. The third-order valence-electron chi connectivity index (χ3n) is 2.19. The molecule has 0 atom stereocenters. The third-order valence-corrected chi connectivity index (χ3v) is 4.72. The Morgan fingerprint density at radius 1 is 1.56 bits per heavy atom. The lowest BCUT2D eigenvalue weighted by Gasteiger charge is -2.03. The van der Waals surface area contributed by atoms with Gasteiger partial charge in [-0.05, 0) is 0 Å². The topological polar surface area (TPSA) is 85.4 Å². The maximum Gasteiger partial charge on any atom is 0.270 e. The number of thiazole rings is 1. The molecule has 0 aromatic carbocycles. The minimum absolute atomic E-state index is 0.0513. The Bertz CT molecular complexity index is 496. The largest absolute Gasteiger partial charge is 0.378 e. The van der Waals surface area contributed by atoms with Crippen molar-refractivity contribution >= 4 is 27.1 Å². The third kappa shape index (κ3) is 4.71. The average molecular weight is 292 g/mol. The van der Waals surface area contributed by atoms with Crippen molar-refractivity contribution in [2.24, 2.45) is 0 Å². The van der Waals surface area contributed by atoms with Crippen LogP contribution < -0.4 is 5.32 Å². The lowest BCUT2D eigenvalue weighted by molar-refractivity contribution is 0.0951. The molecule has 1 amide bonds. The molecule has 0 radical (unpaired) electrons. The smallest absolute Gasteiger partial charge is 0.270 e. The van der Waals surface area contributed by atoms with Crippen LogP contribution in [0.2, 0.25) is 0 Å². The maximum atomic E-state index is 11.6. The second-order valence-electron chi connectivity index (χ2n) is 3.55. The van der Waals surface area contributed by atoms with E-state index in [4.69, 9.17) is 4.74 Å². The summed E-state index contributed by atoms with van der Waals surface area (Å²) in [5, 5.41) is 4.86. The van der Waals surface area contributed by atoms with Gasteiger partial charge in [0.2, 0.25) is 0 Å². The van der Waals surface area contributed by atoms with Gasteiger partial charge in [-0.15, -0.1) is 11.3 Å². The summed E-state index contributed by atoms with van der Waals surface area (Å²) in [5.41, 5.74) is 0.293. The van der Waals surface area contributed by atoms with E-state index in [2.05, 4.69) is 10.3 Å². The van der Waals surface area contributed by atoms with E-state index in [1.54, 1.807) is 19.4 Å². The van der Waals surface area contributed by atoms with E-state index in [0.29, 0.717) is 17.3 Å². The number of nitrogens with one attached hydrogen (secondary N) is 1. The molecule has 102 valence electrons. The molecule has 18 heavy (non-hydrogen) atoms. The molecule has 1 heterocycles. The number of amides is 1. The molecule has 6 nitrogen and oxygen atoms in total. The molecule has 0 aliphatic carbocycles. The van der Waals surface area contributed by atoms with E-state index < -0.39 is 9.84 Å². The van der Waals surface area contributed by atoms with Gasteiger partial charge in [-0.25, -0.2) is 13.4 Å². The van der Waals surface area contributed by atoms with Crippen LogP contribution in [-0.2, 0) is 21.2 Å². The molecule has 0 saturated heterocycles. The van der Waals surface area contributed by atoms with Crippen molar-refractivity contribution in [2.45, 2.75) is 13.5 Å². The molecular formula is C10H16N2O4S2. The van der Waals surface area contributed by atoms with E-state index in [-0.39, 0.29) is 24.0 Å². The zero-order chi connectivity index (χ0) is 13.6. The van der Waals surface area contributed by atoms with Gasteiger partial charge in [-0.1, -0.05) is 6.92 Å². The van der Waals surface area contributed by atoms with Gasteiger partial charge in [-0.3, -0.25) is 4.79 Å². The van der Waals surface area contributed by atoms with Crippen LogP contribution in [-0.4, -0.2) is 44.5 Å². The molecule has 0 saturated carbocycles. The van der Waals surface area contributed by atoms with Crippen molar-refractivity contribution in [3.63, 3.8) is 0 Å². The number of hydrogen-bond donors (Lipinski definition) is 1. The van der Waals surface area contributed by atoms with E-state index in [0.717, 1.165) is 0 Å². The molecule has 0 fully saturated rings. The van der Waals surface area contributed by atoms with Crippen LogP contribution >= 0.6 is 11.3 Å². The van der Waals surface area contributed by atoms with Gasteiger partial charge < -0.3 is 10.1 Å². The minimum Gasteiger partial charge on any atom is -0.378 e. The molecule has 0 aliphatic heterocycles. The predicted octanol–water partition coefficient (Wildman–Crippen LogP) is 0.454. The Hall–Kier alpha value is -0.990. The number of aromatic nitrogens is 1. The van der Waals surface area contributed by atoms with Gasteiger partial charge in [0.1, 0.15) is 10.7 Å². The number of carbonyl (C=O) groups excluding carboxylic acids is 1. The zero-order valence-electron chi connectivity index (χ0n) is 10.3. The quantitative estimate of drug-likeness (QED) is 0.789. The number of rotatable bonds is 7. The summed E-state index contributed by atoms with van der Waals surface area (Å²) < 4.78 is 27.3. The van der Waals surface area contributed by atoms with Gasteiger partial charge >= 0.3 is 0 Å². The van der Waals surface area contributed by atoms with Crippen LogP contribution in [0.25, 0.3) is 0 Å². The Labute approximate surface area is 110 Å². The number of carbonyl (C=O) groups is 1. The second kappa shape index (κ2) is 6.81. The highest BCUT2D eigenvalue weighted by Gasteiger charge is 2.12. The summed E-state index contributed by atoms with van der Waals surface area (Å²) in [7, 11) is -1.50. The molecule has 1 aromatic rings. The van der Waals surface area contributed by atoms with Gasteiger partial charge in [-0.2, -0.15) is 0 Å². The number of ether oxygens (including phenoxy) is 1. The van der Waals surface area contributed by atoms with Crippen molar-refractivity contribution in [1.82, 2.24) is 10.3 Å². The number of sulfone groups is 1. The fraction of sp³-hybridized carbons (Fsp3) is 0.600. The normalized spacial score (nSPS) is 11.4. The van der Waals surface area contributed by atoms with Crippen LogP contribution in [0.15, 0.2) is 5.38 Å². The van der Waals surface area contributed by atoms with Crippen molar-refractivity contribution in [3.05, 3.63) is 16.1 Å². The number of nitrogens with zero attached hydrogens (tertiary/aromatic N) is 1. The summed E-state index contributed by atoms with van der Waals surface area (Å²) in [6.07, 6.45) is 0. The van der Waals surface area contributed by atoms with Gasteiger partial charge in [0.05, 0.1) is 12.4 Å². The van der Waals surface area contributed by atoms with Gasteiger partial charge in [0, 0.05) is 24.8 Å². The van der Waals surface area contributed by atoms with Crippen LogP contribution in [0.5, 0.6) is 0 Å². The standard InChI is InChI=1S/C10H16N2O4S2/c1-3-18(14,15)5-4-11-10(13)8-7-17-9(12-8)6-16-2/h7H,3-6H2,1-2H3,(H,11,13). The monoisotopic (exact) mass is 292 g/mol. The van der Waals surface area contributed by atoms with Crippen molar-refractivity contribution in [1.29, 1.82) is 0 Å². The first-order chi connectivity index (χ1) is 8.48. The lowest BCUT2D eigenvalue weighted by atomic mass is 10.4. The summed E-state index contributed by atoms with van der Waals surface area (Å²) in [6, 6.07) is 0. The molecule has 0 bridgehead atoms. The first-order valence-electron chi connectivity index (χ1n) is 5.40. The predicted molar refractivity (Wildman–Crippen MR) is 69.5 cm³/mol. The second-order valence-corrected chi connectivity index (χ2v) is 6.97. The average Bonchev–Trinajstić information content (AvgIpc) is 2.78. The first-order valence-corrected chi connectivity index (χ1v) is 8.10. The highest BCUT2D eigenvalue weighted by Crippen LogP contribution is 2.10. The van der Waals surface area contributed by atoms with Crippen molar-refractivity contribution in [3.8, 4) is 0 Å². The van der Waals surface area contributed by atoms with E-state index in [9.17, 15) is 13.2 Å².